The number of hydrogen-bond donors (Lipinski definition) is 0. The summed E-state index contributed by atoms with van der Waals surface area (Å²) in [6, 6.07) is 9.81. The summed E-state index contributed by atoms with van der Waals surface area (Å²) in [5, 5.41) is 0.804. The van der Waals surface area contributed by atoms with E-state index in [4.69, 9.17) is 4.74 Å². The SMILES string of the molecule is O=C1OCC(CBr)C1c1ccccc1. The molecule has 2 nitrogen and oxygen atoms in total. The number of hydrogen-bond acceptors (Lipinski definition) is 2. The van der Waals surface area contributed by atoms with Gasteiger partial charge in [0.2, 0.25) is 0 Å². The van der Waals surface area contributed by atoms with E-state index in [-0.39, 0.29) is 17.8 Å². The van der Waals surface area contributed by atoms with Crippen molar-refractivity contribution < 1.29 is 9.53 Å². The van der Waals surface area contributed by atoms with Gasteiger partial charge < -0.3 is 4.74 Å². The van der Waals surface area contributed by atoms with Crippen molar-refractivity contribution in [3.63, 3.8) is 0 Å². The third-order valence-electron chi connectivity index (χ3n) is 2.52. The Labute approximate surface area is 91.4 Å². The lowest BCUT2D eigenvalue weighted by Gasteiger charge is -2.11. The Morgan fingerprint density at radius 2 is 2.07 bits per heavy atom. The summed E-state index contributed by atoms with van der Waals surface area (Å²) in [5.74, 6) is 0.0844. The van der Waals surface area contributed by atoms with Crippen molar-refractivity contribution in [3.05, 3.63) is 35.9 Å². The first kappa shape index (κ1) is 9.71. The molecule has 0 bridgehead atoms. The Morgan fingerprint density at radius 1 is 1.36 bits per heavy atom. The van der Waals surface area contributed by atoms with Gasteiger partial charge >= 0.3 is 5.97 Å². The standard InChI is InChI=1S/C11H11BrO2/c12-6-9-7-14-11(13)10(9)8-4-2-1-3-5-8/h1-5,9-10H,6-7H2. The molecule has 3 heteroatoms. The lowest BCUT2D eigenvalue weighted by molar-refractivity contribution is -0.139. The van der Waals surface area contributed by atoms with Crippen LogP contribution >= 0.6 is 15.9 Å². The number of benzene rings is 1. The second kappa shape index (κ2) is 4.13. The predicted octanol–water partition coefficient (Wildman–Crippen LogP) is 2.34. The first-order valence-corrected chi connectivity index (χ1v) is 5.72. The van der Waals surface area contributed by atoms with E-state index < -0.39 is 0 Å². The molecule has 0 amide bonds. The molecule has 1 heterocycles. The van der Waals surface area contributed by atoms with Crippen molar-refractivity contribution in [2.45, 2.75) is 5.92 Å². The van der Waals surface area contributed by atoms with Crippen molar-refractivity contribution in [3.8, 4) is 0 Å². The van der Waals surface area contributed by atoms with E-state index in [1.54, 1.807) is 0 Å². The fourth-order valence-corrected chi connectivity index (χ4v) is 2.33. The van der Waals surface area contributed by atoms with E-state index in [0.29, 0.717) is 6.61 Å². The molecular formula is C11H11BrO2. The number of ether oxygens (including phenoxy) is 1. The summed E-state index contributed by atoms with van der Waals surface area (Å²) in [4.78, 5) is 11.5. The largest absolute Gasteiger partial charge is 0.465 e. The summed E-state index contributed by atoms with van der Waals surface area (Å²) < 4.78 is 5.05. The van der Waals surface area contributed by atoms with Gasteiger partial charge in [-0.15, -0.1) is 0 Å². The van der Waals surface area contributed by atoms with Crippen molar-refractivity contribution >= 4 is 21.9 Å². The van der Waals surface area contributed by atoms with Gasteiger partial charge in [-0.25, -0.2) is 0 Å². The number of carbonyl (C=O) groups excluding carboxylic acids is 1. The average Bonchev–Trinajstić information content (AvgIpc) is 2.61. The van der Waals surface area contributed by atoms with Crippen LogP contribution in [0.15, 0.2) is 30.3 Å². The molecule has 0 N–H and O–H groups in total. The molecule has 74 valence electrons. The fraction of sp³-hybridized carbons (Fsp3) is 0.364. The molecule has 1 aromatic rings. The maximum atomic E-state index is 11.5. The maximum absolute atomic E-state index is 11.5. The fourth-order valence-electron chi connectivity index (χ4n) is 1.77. The first-order valence-electron chi connectivity index (χ1n) is 4.60. The minimum atomic E-state index is -0.0966. The van der Waals surface area contributed by atoms with Gasteiger partial charge in [0.1, 0.15) is 0 Å². The van der Waals surface area contributed by atoms with Gasteiger partial charge in [0.25, 0.3) is 0 Å². The summed E-state index contributed by atoms with van der Waals surface area (Å²) in [5.41, 5.74) is 1.06. The molecule has 0 radical (unpaired) electrons. The van der Waals surface area contributed by atoms with Gasteiger partial charge in [-0.1, -0.05) is 46.3 Å². The molecule has 1 aliphatic heterocycles. The molecule has 2 rings (SSSR count). The Kier molecular flexibility index (Phi) is 2.87. The number of halogens is 1. The molecule has 0 spiro atoms. The zero-order valence-corrected chi connectivity index (χ0v) is 9.24. The third kappa shape index (κ3) is 1.69. The topological polar surface area (TPSA) is 26.3 Å². The molecule has 2 atom stereocenters. The van der Waals surface area contributed by atoms with Crippen LogP contribution < -0.4 is 0 Å². The number of alkyl halides is 1. The van der Waals surface area contributed by atoms with Crippen LogP contribution in [0.2, 0.25) is 0 Å². The molecule has 2 unspecified atom stereocenters. The molecule has 0 saturated carbocycles. The van der Waals surface area contributed by atoms with E-state index in [1.807, 2.05) is 30.3 Å². The van der Waals surface area contributed by atoms with Crippen molar-refractivity contribution in [1.29, 1.82) is 0 Å². The van der Waals surface area contributed by atoms with Crippen LogP contribution in [0.25, 0.3) is 0 Å². The highest BCUT2D eigenvalue weighted by Crippen LogP contribution is 2.32. The van der Waals surface area contributed by atoms with E-state index in [9.17, 15) is 4.79 Å². The Balaban J connectivity index is 2.28. The van der Waals surface area contributed by atoms with E-state index >= 15 is 0 Å². The Hall–Kier alpha value is -0.830. The zero-order valence-electron chi connectivity index (χ0n) is 7.65. The van der Waals surface area contributed by atoms with Gasteiger partial charge in [-0.05, 0) is 5.56 Å². The first-order chi connectivity index (χ1) is 6.83. The highest BCUT2D eigenvalue weighted by Gasteiger charge is 2.36. The lowest BCUT2D eigenvalue weighted by Crippen LogP contribution is -2.14. The van der Waals surface area contributed by atoms with Crippen LogP contribution in [0.1, 0.15) is 11.5 Å². The van der Waals surface area contributed by atoms with Gasteiger partial charge in [-0.3, -0.25) is 4.79 Å². The van der Waals surface area contributed by atoms with Crippen LogP contribution in [0, 0.1) is 5.92 Å². The number of carbonyl (C=O) groups is 1. The Bertz CT molecular complexity index is 323. The predicted molar refractivity (Wildman–Crippen MR) is 57.4 cm³/mol. The van der Waals surface area contributed by atoms with Crippen LogP contribution in [0.4, 0.5) is 0 Å². The van der Waals surface area contributed by atoms with Crippen molar-refractivity contribution in [1.82, 2.24) is 0 Å². The smallest absolute Gasteiger partial charge is 0.313 e. The van der Waals surface area contributed by atoms with E-state index in [0.717, 1.165) is 10.9 Å². The molecule has 14 heavy (non-hydrogen) atoms. The molecule has 0 aromatic heterocycles. The number of esters is 1. The van der Waals surface area contributed by atoms with E-state index in [2.05, 4.69) is 15.9 Å². The molecule has 1 saturated heterocycles. The monoisotopic (exact) mass is 254 g/mol. The van der Waals surface area contributed by atoms with Crippen LogP contribution in [0.3, 0.4) is 0 Å². The summed E-state index contributed by atoms with van der Waals surface area (Å²) >= 11 is 3.41. The minimum absolute atomic E-state index is 0.0874. The van der Waals surface area contributed by atoms with Crippen LogP contribution in [-0.2, 0) is 9.53 Å². The number of rotatable bonds is 2. The maximum Gasteiger partial charge on any atom is 0.313 e. The molecule has 1 fully saturated rings. The second-order valence-electron chi connectivity index (χ2n) is 3.43. The molecular weight excluding hydrogens is 244 g/mol. The highest BCUT2D eigenvalue weighted by molar-refractivity contribution is 9.09. The third-order valence-corrected chi connectivity index (χ3v) is 3.35. The van der Waals surface area contributed by atoms with Crippen molar-refractivity contribution in [2.24, 2.45) is 5.92 Å². The lowest BCUT2D eigenvalue weighted by atomic mass is 9.90. The molecule has 1 aliphatic rings. The van der Waals surface area contributed by atoms with Crippen molar-refractivity contribution in [2.75, 3.05) is 11.9 Å². The normalized spacial score (nSPS) is 26.2. The van der Waals surface area contributed by atoms with Gasteiger partial charge in [0.15, 0.2) is 0 Å². The van der Waals surface area contributed by atoms with Gasteiger partial charge in [-0.2, -0.15) is 0 Å². The molecule has 0 aliphatic carbocycles. The van der Waals surface area contributed by atoms with E-state index in [1.165, 1.54) is 0 Å². The van der Waals surface area contributed by atoms with Crippen LogP contribution in [0.5, 0.6) is 0 Å². The number of cyclic esters (lactones) is 1. The summed E-state index contributed by atoms with van der Waals surface area (Å²) in [7, 11) is 0. The van der Waals surface area contributed by atoms with Gasteiger partial charge in [0, 0.05) is 11.2 Å². The Morgan fingerprint density at radius 3 is 2.71 bits per heavy atom. The zero-order chi connectivity index (χ0) is 9.97. The highest BCUT2D eigenvalue weighted by atomic mass is 79.9. The summed E-state index contributed by atoms with van der Waals surface area (Å²) in [6.07, 6.45) is 0. The molecule has 1 aromatic carbocycles. The average molecular weight is 255 g/mol. The van der Waals surface area contributed by atoms with Gasteiger partial charge in [0.05, 0.1) is 12.5 Å². The second-order valence-corrected chi connectivity index (χ2v) is 4.08. The van der Waals surface area contributed by atoms with Crippen LogP contribution in [-0.4, -0.2) is 17.9 Å². The minimum Gasteiger partial charge on any atom is -0.465 e. The quantitative estimate of drug-likeness (QED) is 0.599. The summed E-state index contributed by atoms with van der Waals surface area (Å²) in [6.45, 7) is 0.531.